The van der Waals surface area contributed by atoms with Crippen molar-refractivity contribution in [3.8, 4) is 0 Å². The summed E-state index contributed by atoms with van der Waals surface area (Å²) in [5, 5.41) is 0. The smallest absolute Gasteiger partial charge is 0.309 e. The zero-order valence-electron chi connectivity index (χ0n) is 9.89. The molecule has 0 spiro atoms. The van der Waals surface area contributed by atoms with Gasteiger partial charge >= 0.3 is 5.97 Å². The summed E-state index contributed by atoms with van der Waals surface area (Å²) < 4.78 is 4.83. The molecule has 0 saturated carbocycles. The van der Waals surface area contributed by atoms with E-state index in [-0.39, 0.29) is 22.7 Å². The molecule has 0 amide bonds. The van der Waals surface area contributed by atoms with Crippen LogP contribution in [0, 0.1) is 16.7 Å². The number of hydrogen-bond donors (Lipinski definition) is 0. The number of esters is 1. The number of hydrogen-bond acceptors (Lipinski definition) is 2. The second kappa shape index (κ2) is 3.69. The minimum absolute atomic E-state index is 0.0503. The van der Waals surface area contributed by atoms with Gasteiger partial charge in [0.25, 0.3) is 0 Å². The van der Waals surface area contributed by atoms with Gasteiger partial charge in [0.05, 0.1) is 13.0 Å². The molecule has 0 saturated heterocycles. The van der Waals surface area contributed by atoms with E-state index in [1.807, 2.05) is 0 Å². The van der Waals surface area contributed by atoms with Crippen molar-refractivity contribution in [3.63, 3.8) is 0 Å². The molecule has 2 heteroatoms. The first-order chi connectivity index (χ1) is 5.60. The summed E-state index contributed by atoms with van der Waals surface area (Å²) in [6.45, 7) is 12.4. The quantitative estimate of drug-likeness (QED) is 0.589. The Morgan fingerprint density at radius 3 is 1.38 bits per heavy atom. The maximum absolute atomic E-state index is 11.6. The first-order valence-corrected chi connectivity index (χ1v) is 4.68. The standard InChI is InChI=1S/C11H22O2/c1-10(2,3)8(9(12)13-7)11(4,5)6/h8H,1-7H3. The van der Waals surface area contributed by atoms with Gasteiger partial charge in [-0.3, -0.25) is 4.79 Å². The van der Waals surface area contributed by atoms with Crippen molar-refractivity contribution in [1.29, 1.82) is 0 Å². The molecule has 0 aliphatic carbocycles. The Bertz CT molecular complexity index is 167. The van der Waals surface area contributed by atoms with Gasteiger partial charge in [0.1, 0.15) is 0 Å². The Balaban J connectivity index is 4.89. The molecular formula is C11H22O2. The SMILES string of the molecule is COC(=O)C(C(C)(C)C)C(C)(C)C. The largest absolute Gasteiger partial charge is 0.469 e. The van der Waals surface area contributed by atoms with Crippen molar-refractivity contribution in [2.45, 2.75) is 41.5 Å². The maximum Gasteiger partial charge on any atom is 0.309 e. The first kappa shape index (κ1) is 12.5. The van der Waals surface area contributed by atoms with Gasteiger partial charge in [-0.1, -0.05) is 41.5 Å². The highest BCUT2D eigenvalue weighted by molar-refractivity contribution is 5.74. The molecule has 0 bridgehead atoms. The molecule has 13 heavy (non-hydrogen) atoms. The van der Waals surface area contributed by atoms with Crippen molar-refractivity contribution >= 4 is 5.97 Å². The normalized spacial score (nSPS) is 13.2. The topological polar surface area (TPSA) is 26.3 Å². The lowest BCUT2D eigenvalue weighted by molar-refractivity contribution is -0.154. The van der Waals surface area contributed by atoms with E-state index >= 15 is 0 Å². The van der Waals surface area contributed by atoms with Crippen molar-refractivity contribution in [2.24, 2.45) is 16.7 Å². The van der Waals surface area contributed by atoms with Gasteiger partial charge in [-0.25, -0.2) is 0 Å². The lowest BCUT2D eigenvalue weighted by atomic mass is 9.67. The van der Waals surface area contributed by atoms with Gasteiger partial charge in [0, 0.05) is 0 Å². The second-order valence-corrected chi connectivity index (χ2v) is 5.69. The fraction of sp³-hybridized carbons (Fsp3) is 0.909. The van der Waals surface area contributed by atoms with Crippen molar-refractivity contribution in [3.05, 3.63) is 0 Å². The third-order valence-electron chi connectivity index (χ3n) is 2.17. The highest BCUT2D eigenvalue weighted by atomic mass is 16.5. The Morgan fingerprint density at radius 1 is 1.00 bits per heavy atom. The van der Waals surface area contributed by atoms with Crippen LogP contribution in [0.5, 0.6) is 0 Å². The first-order valence-electron chi connectivity index (χ1n) is 4.68. The van der Waals surface area contributed by atoms with Crippen LogP contribution in [-0.4, -0.2) is 13.1 Å². The summed E-state index contributed by atoms with van der Waals surface area (Å²) in [4.78, 5) is 11.6. The fourth-order valence-corrected chi connectivity index (χ4v) is 2.12. The zero-order chi connectivity index (χ0) is 10.9. The number of methoxy groups -OCH3 is 1. The summed E-state index contributed by atoms with van der Waals surface area (Å²) in [6, 6.07) is 0. The molecule has 0 rings (SSSR count). The molecule has 0 aromatic heterocycles. The van der Waals surface area contributed by atoms with E-state index in [9.17, 15) is 4.79 Å². The minimum Gasteiger partial charge on any atom is -0.469 e. The van der Waals surface area contributed by atoms with E-state index in [0.29, 0.717) is 0 Å². The molecular weight excluding hydrogens is 164 g/mol. The molecule has 0 radical (unpaired) electrons. The summed E-state index contributed by atoms with van der Waals surface area (Å²) in [6.07, 6.45) is 0. The molecule has 0 unspecified atom stereocenters. The van der Waals surface area contributed by atoms with E-state index in [0.717, 1.165) is 0 Å². The molecule has 0 fully saturated rings. The Hall–Kier alpha value is -0.530. The van der Waals surface area contributed by atoms with E-state index in [4.69, 9.17) is 4.74 Å². The predicted molar refractivity (Wildman–Crippen MR) is 54.4 cm³/mol. The number of ether oxygens (including phenoxy) is 1. The van der Waals surface area contributed by atoms with Crippen LogP contribution in [0.3, 0.4) is 0 Å². The van der Waals surface area contributed by atoms with Crippen LogP contribution < -0.4 is 0 Å². The van der Waals surface area contributed by atoms with Gasteiger partial charge < -0.3 is 4.74 Å². The van der Waals surface area contributed by atoms with Crippen molar-refractivity contribution in [1.82, 2.24) is 0 Å². The lowest BCUT2D eigenvalue weighted by Crippen LogP contribution is -2.39. The van der Waals surface area contributed by atoms with Crippen molar-refractivity contribution in [2.75, 3.05) is 7.11 Å². The number of rotatable bonds is 1. The maximum atomic E-state index is 11.6. The monoisotopic (exact) mass is 186 g/mol. The van der Waals surface area contributed by atoms with E-state index in [2.05, 4.69) is 41.5 Å². The van der Waals surface area contributed by atoms with Gasteiger partial charge in [-0.05, 0) is 10.8 Å². The Labute approximate surface area is 81.7 Å². The number of carbonyl (C=O) groups is 1. The summed E-state index contributed by atoms with van der Waals surface area (Å²) in [5.74, 6) is -0.176. The van der Waals surface area contributed by atoms with Crippen LogP contribution in [0.25, 0.3) is 0 Å². The fourth-order valence-electron chi connectivity index (χ4n) is 2.12. The molecule has 0 aromatic rings. The average Bonchev–Trinajstić information content (AvgIpc) is 1.80. The van der Waals surface area contributed by atoms with E-state index < -0.39 is 0 Å². The lowest BCUT2D eigenvalue weighted by Gasteiger charge is -2.38. The van der Waals surface area contributed by atoms with E-state index in [1.165, 1.54) is 7.11 Å². The molecule has 2 nitrogen and oxygen atoms in total. The van der Waals surface area contributed by atoms with Crippen LogP contribution in [0.1, 0.15) is 41.5 Å². The van der Waals surface area contributed by atoms with Crippen LogP contribution in [0.4, 0.5) is 0 Å². The third-order valence-corrected chi connectivity index (χ3v) is 2.17. The van der Waals surface area contributed by atoms with Gasteiger partial charge in [-0.2, -0.15) is 0 Å². The average molecular weight is 186 g/mol. The van der Waals surface area contributed by atoms with Gasteiger partial charge in [0.2, 0.25) is 0 Å². The zero-order valence-corrected chi connectivity index (χ0v) is 9.89. The summed E-state index contributed by atoms with van der Waals surface area (Å²) in [5.41, 5.74) is -0.101. The van der Waals surface area contributed by atoms with Crippen LogP contribution in [0.2, 0.25) is 0 Å². The number of carbonyl (C=O) groups excluding carboxylic acids is 1. The van der Waals surface area contributed by atoms with Crippen LogP contribution in [0.15, 0.2) is 0 Å². The van der Waals surface area contributed by atoms with E-state index in [1.54, 1.807) is 0 Å². The van der Waals surface area contributed by atoms with Gasteiger partial charge in [-0.15, -0.1) is 0 Å². The Kier molecular flexibility index (Phi) is 3.54. The second-order valence-electron chi connectivity index (χ2n) is 5.69. The van der Waals surface area contributed by atoms with Crippen LogP contribution >= 0.6 is 0 Å². The predicted octanol–water partition coefficient (Wildman–Crippen LogP) is 2.87. The molecule has 0 aliphatic heterocycles. The Morgan fingerprint density at radius 2 is 1.31 bits per heavy atom. The molecule has 0 heterocycles. The summed E-state index contributed by atoms with van der Waals surface area (Å²) >= 11 is 0. The van der Waals surface area contributed by atoms with Gasteiger partial charge in [0.15, 0.2) is 0 Å². The molecule has 0 aromatic carbocycles. The summed E-state index contributed by atoms with van der Waals surface area (Å²) in [7, 11) is 1.45. The molecule has 0 N–H and O–H groups in total. The minimum atomic E-state index is -0.111. The van der Waals surface area contributed by atoms with Crippen LogP contribution in [-0.2, 0) is 9.53 Å². The molecule has 0 atom stereocenters. The highest BCUT2D eigenvalue weighted by Crippen LogP contribution is 2.40. The molecule has 78 valence electrons. The highest BCUT2D eigenvalue weighted by Gasteiger charge is 2.41. The third kappa shape index (κ3) is 3.37. The van der Waals surface area contributed by atoms with Crippen molar-refractivity contribution < 1.29 is 9.53 Å². The molecule has 0 aliphatic rings.